The van der Waals surface area contributed by atoms with E-state index < -0.39 is 5.97 Å². The highest BCUT2D eigenvalue weighted by molar-refractivity contribution is 5.68. The van der Waals surface area contributed by atoms with Gasteiger partial charge in [0.25, 0.3) is 0 Å². The third-order valence-electron chi connectivity index (χ3n) is 2.41. The minimum Gasteiger partial charge on any atom is -0.496 e. The van der Waals surface area contributed by atoms with Gasteiger partial charge in [-0.3, -0.25) is 4.79 Å². The lowest BCUT2D eigenvalue weighted by molar-refractivity contribution is -0.136. The molecule has 0 aliphatic carbocycles. The van der Waals surface area contributed by atoms with Gasteiger partial charge in [0.1, 0.15) is 5.75 Å². The Labute approximate surface area is 92.5 Å². The number of methoxy groups -OCH3 is 1. The number of carboxylic acids is 1. The molecule has 0 bridgehead atoms. The molecule has 1 aromatic carbocycles. The molecule has 1 heterocycles. The van der Waals surface area contributed by atoms with E-state index in [0.717, 1.165) is 5.56 Å². The van der Waals surface area contributed by atoms with Crippen molar-refractivity contribution in [1.82, 2.24) is 0 Å². The van der Waals surface area contributed by atoms with Crippen molar-refractivity contribution >= 4 is 5.97 Å². The zero-order chi connectivity index (χ0) is 11.5. The fourth-order valence-electron chi connectivity index (χ4n) is 1.67. The zero-order valence-electron chi connectivity index (χ0n) is 8.86. The molecule has 0 amide bonds. The van der Waals surface area contributed by atoms with Gasteiger partial charge in [-0.05, 0) is 18.6 Å². The van der Waals surface area contributed by atoms with Crippen LogP contribution in [0.4, 0.5) is 0 Å². The van der Waals surface area contributed by atoms with Crippen molar-refractivity contribution in [3.8, 4) is 17.2 Å². The first-order valence-corrected chi connectivity index (χ1v) is 4.89. The molecular weight excluding hydrogens is 212 g/mol. The minimum atomic E-state index is -0.849. The quantitative estimate of drug-likeness (QED) is 0.838. The third-order valence-corrected chi connectivity index (χ3v) is 2.41. The van der Waals surface area contributed by atoms with Gasteiger partial charge < -0.3 is 19.3 Å². The van der Waals surface area contributed by atoms with Crippen LogP contribution in [0.15, 0.2) is 12.1 Å². The van der Waals surface area contributed by atoms with Crippen molar-refractivity contribution in [2.75, 3.05) is 13.9 Å². The molecule has 5 nitrogen and oxygen atoms in total. The standard InChI is InChI=1S/C11H12O5/c1-14-8-3-4-9-11(16-6-15-9)7(8)2-5-10(12)13/h3-4H,2,5-6H2,1H3,(H,12,13). The summed E-state index contributed by atoms with van der Waals surface area (Å²) in [4.78, 5) is 10.6. The van der Waals surface area contributed by atoms with Crippen LogP contribution in [0.5, 0.6) is 17.2 Å². The van der Waals surface area contributed by atoms with Gasteiger partial charge in [-0.25, -0.2) is 0 Å². The summed E-state index contributed by atoms with van der Waals surface area (Å²) in [7, 11) is 1.54. The van der Waals surface area contributed by atoms with E-state index in [1.165, 1.54) is 0 Å². The molecule has 1 N–H and O–H groups in total. The first-order valence-electron chi connectivity index (χ1n) is 4.89. The van der Waals surface area contributed by atoms with E-state index in [-0.39, 0.29) is 13.2 Å². The molecule has 1 aromatic rings. The second-order valence-electron chi connectivity index (χ2n) is 3.37. The van der Waals surface area contributed by atoms with Crippen LogP contribution in [-0.2, 0) is 11.2 Å². The summed E-state index contributed by atoms with van der Waals surface area (Å²) in [5.74, 6) is 1.02. The van der Waals surface area contributed by atoms with E-state index in [1.807, 2.05) is 0 Å². The summed E-state index contributed by atoms with van der Waals surface area (Å²) in [5, 5.41) is 8.67. The van der Waals surface area contributed by atoms with Crippen LogP contribution in [0.1, 0.15) is 12.0 Å². The Hall–Kier alpha value is -1.91. The van der Waals surface area contributed by atoms with Crippen LogP contribution in [-0.4, -0.2) is 25.0 Å². The number of benzene rings is 1. The highest BCUT2D eigenvalue weighted by atomic mass is 16.7. The summed E-state index contributed by atoms with van der Waals surface area (Å²) in [6.45, 7) is 0.169. The fourth-order valence-corrected chi connectivity index (χ4v) is 1.67. The molecule has 0 radical (unpaired) electrons. The molecule has 86 valence electrons. The molecule has 16 heavy (non-hydrogen) atoms. The van der Waals surface area contributed by atoms with Crippen molar-refractivity contribution in [3.05, 3.63) is 17.7 Å². The first kappa shape index (κ1) is 10.6. The van der Waals surface area contributed by atoms with Gasteiger partial charge >= 0.3 is 5.97 Å². The summed E-state index contributed by atoms with van der Waals surface area (Å²) in [6.07, 6.45) is 0.404. The molecule has 0 saturated heterocycles. The minimum absolute atomic E-state index is 0.0379. The Morgan fingerprint density at radius 1 is 1.50 bits per heavy atom. The second-order valence-corrected chi connectivity index (χ2v) is 3.37. The van der Waals surface area contributed by atoms with Crippen molar-refractivity contribution in [1.29, 1.82) is 0 Å². The number of carbonyl (C=O) groups is 1. The predicted molar refractivity (Wildman–Crippen MR) is 55.1 cm³/mol. The maximum atomic E-state index is 10.6. The maximum Gasteiger partial charge on any atom is 0.303 e. The van der Waals surface area contributed by atoms with Crippen LogP contribution in [0.3, 0.4) is 0 Å². The Bertz CT molecular complexity index is 413. The largest absolute Gasteiger partial charge is 0.496 e. The average molecular weight is 224 g/mol. The molecule has 5 heteroatoms. The molecule has 0 aromatic heterocycles. The lowest BCUT2D eigenvalue weighted by Gasteiger charge is -2.10. The van der Waals surface area contributed by atoms with E-state index in [1.54, 1.807) is 19.2 Å². The van der Waals surface area contributed by atoms with Crippen molar-refractivity contribution in [2.45, 2.75) is 12.8 Å². The molecular formula is C11H12O5. The summed E-state index contributed by atoms with van der Waals surface area (Å²) in [5.41, 5.74) is 0.750. The van der Waals surface area contributed by atoms with Gasteiger partial charge in [-0.2, -0.15) is 0 Å². The Balaban J connectivity index is 2.32. The summed E-state index contributed by atoms with van der Waals surface area (Å²) < 4.78 is 15.7. The number of fused-ring (bicyclic) bond motifs is 1. The Kier molecular flexibility index (Phi) is 2.85. The third kappa shape index (κ3) is 1.88. The Morgan fingerprint density at radius 2 is 2.31 bits per heavy atom. The van der Waals surface area contributed by atoms with E-state index >= 15 is 0 Å². The number of rotatable bonds is 4. The number of aliphatic carboxylic acids is 1. The molecule has 0 fully saturated rings. The van der Waals surface area contributed by atoms with Crippen LogP contribution in [0.2, 0.25) is 0 Å². The predicted octanol–water partition coefficient (Wildman–Crippen LogP) is 1.44. The van der Waals surface area contributed by atoms with E-state index in [2.05, 4.69) is 0 Å². The van der Waals surface area contributed by atoms with Gasteiger partial charge in [0, 0.05) is 12.0 Å². The van der Waals surface area contributed by atoms with Crippen LogP contribution < -0.4 is 14.2 Å². The molecule has 0 spiro atoms. The van der Waals surface area contributed by atoms with Gasteiger partial charge in [0.2, 0.25) is 6.79 Å². The van der Waals surface area contributed by atoms with Gasteiger partial charge in [0.05, 0.1) is 7.11 Å². The highest BCUT2D eigenvalue weighted by Gasteiger charge is 2.21. The van der Waals surface area contributed by atoms with Crippen molar-refractivity contribution in [3.63, 3.8) is 0 Å². The lowest BCUT2D eigenvalue weighted by atomic mass is 10.1. The molecule has 1 aliphatic heterocycles. The maximum absolute atomic E-state index is 10.6. The van der Waals surface area contributed by atoms with Crippen molar-refractivity contribution < 1.29 is 24.1 Å². The second kappa shape index (κ2) is 4.30. The monoisotopic (exact) mass is 224 g/mol. The Morgan fingerprint density at radius 3 is 3.00 bits per heavy atom. The van der Waals surface area contributed by atoms with Gasteiger partial charge in [-0.1, -0.05) is 0 Å². The fraction of sp³-hybridized carbons (Fsp3) is 0.364. The molecule has 1 aliphatic rings. The first-order chi connectivity index (χ1) is 7.72. The SMILES string of the molecule is COc1ccc2c(c1CCC(=O)O)OCO2. The van der Waals surface area contributed by atoms with E-state index in [9.17, 15) is 4.79 Å². The number of hydrogen-bond acceptors (Lipinski definition) is 4. The summed E-state index contributed by atoms with van der Waals surface area (Å²) in [6, 6.07) is 3.51. The smallest absolute Gasteiger partial charge is 0.303 e. The normalized spacial score (nSPS) is 12.6. The van der Waals surface area contributed by atoms with E-state index in [0.29, 0.717) is 23.7 Å². The highest BCUT2D eigenvalue weighted by Crippen LogP contribution is 2.41. The van der Waals surface area contributed by atoms with Gasteiger partial charge in [-0.15, -0.1) is 0 Å². The van der Waals surface area contributed by atoms with Crippen LogP contribution >= 0.6 is 0 Å². The summed E-state index contributed by atoms with van der Waals surface area (Å²) >= 11 is 0. The molecule has 0 unspecified atom stereocenters. The molecule has 0 saturated carbocycles. The lowest BCUT2D eigenvalue weighted by Crippen LogP contribution is -2.01. The number of carboxylic acid groups (broad SMARTS) is 1. The van der Waals surface area contributed by atoms with Crippen LogP contribution in [0, 0.1) is 0 Å². The van der Waals surface area contributed by atoms with Gasteiger partial charge in [0.15, 0.2) is 11.5 Å². The van der Waals surface area contributed by atoms with Crippen molar-refractivity contribution in [2.24, 2.45) is 0 Å². The molecule has 2 rings (SSSR count). The topological polar surface area (TPSA) is 65.0 Å². The zero-order valence-corrected chi connectivity index (χ0v) is 8.86. The van der Waals surface area contributed by atoms with E-state index in [4.69, 9.17) is 19.3 Å². The number of ether oxygens (including phenoxy) is 3. The number of hydrogen-bond donors (Lipinski definition) is 1. The average Bonchev–Trinajstić information content (AvgIpc) is 2.73. The molecule has 0 atom stereocenters. The van der Waals surface area contributed by atoms with Crippen LogP contribution in [0.25, 0.3) is 0 Å².